The molecule has 0 unspecified atom stereocenters. The third kappa shape index (κ3) is 4.18. The van der Waals surface area contributed by atoms with Crippen LogP contribution in [0.4, 0.5) is 5.69 Å². The Bertz CT molecular complexity index is 1600. The average Bonchev–Trinajstić information content (AvgIpc) is 3.36. The van der Waals surface area contributed by atoms with E-state index in [2.05, 4.69) is 10.3 Å². The van der Waals surface area contributed by atoms with Crippen molar-refractivity contribution in [3.8, 4) is 0 Å². The van der Waals surface area contributed by atoms with Crippen LogP contribution in [-0.4, -0.2) is 10.5 Å². The SMILES string of the molecule is CC1=C(C(=O)Nc2ccccc2)[C@H](c2ccc(Cl)cc2)n2c(sc(=Cc3sccc3C)c2=O)=N1. The van der Waals surface area contributed by atoms with E-state index in [1.165, 1.54) is 11.3 Å². The largest absolute Gasteiger partial charge is 0.322 e. The average molecular weight is 506 g/mol. The van der Waals surface area contributed by atoms with Crippen LogP contribution in [0.1, 0.15) is 29.0 Å². The van der Waals surface area contributed by atoms with Gasteiger partial charge in [0.15, 0.2) is 4.80 Å². The molecule has 1 aliphatic rings. The first-order chi connectivity index (χ1) is 16.4. The summed E-state index contributed by atoms with van der Waals surface area (Å²) in [6.07, 6.45) is 1.91. The Morgan fingerprint density at radius 3 is 2.50 bits per heavy atom. The van der Waals surface area contributed by atoms with Crippen molar-refractivity contribution < 1.29 is 4.79 Å². The summed E-state index contributed by atoms with van der Waals surface area (Å²) in [6.45, 7) is 3.83. The summed E-state index contributed by atoms with van der Waals surface area (Å²) < 4.78 is 2.20. The molecule has 1 atom stereocenters. The van der Waals surface area contributed by atoms with Crippen LogP contribution in [0.3, 0.4) is 0 Å². The number of aryl methyl sites for hydroxylation is 1. The first kappa shape index (κ1) is 22.5. The fraction of sp³-hybridized carbons (Fsp3) is 0.115. The van der Waals surface area contributed by atoms with Gasteiger partial charge in [-0.1, -0.05) is 53.3 Å². The third-order valence-corrected chi connectivity index (χ3v) is 7.85. The van der Waals surface area contributed by atoms with Crippen LogP contribution in [0.5, 0.6) is 0 Å². The number of allylic oxidation sites excluding steroid dienone is 1. The zero-order valence-electron chi connectivity index (χ0n) is 18.4. The van der Waals surface area contributed by atoms with E-state index in [0.29, 0.717) is 31.3 Å². The molecule has 0 saturated heterocycles. The minimum atomic E-state index is -0.621. The molecule has 2 aromatic heterocycles. The topological polar surface area (TPSA) is 63.5 Å². The third-order valence-electron chi connectivity index (χ3n) is 5.65. The number of aromatic nitrogens is 1. The number of carbonyl (C=O) groups excluding carboxylic acids is 1. The normalized spacial score (nSPS) is 15.7. The Kier molecular flexibility index (Phi) is 6.08. The number of nitrogens with zero attached hydrogens (tertiary/aromatic N) is 2. The van der Waals surface area contributed by atoms with Gasteiger partial charge in [-0.05, 0) is 66.8 Å². The molecule has 0 aliphatic carbocycles. The van der Waals surface area contributed by atoms with Gasteiger partial charge in [-0.3, -0.25) is 14.2 Å². The molecule has 0 spiro atoms. The van der Waals surface area contributed by atoms with Crippen molar-refractivity contribution >= 4 is 51.9 Å². The van der Waals surface area contributed by atoms with Gasteiger partial charge in [0.25, 0.3) is 11.5 Å². The van der Waals surface area contributed by atoms with E-state index in [9.17, 15) is 9.59 Å². The van der Waals surface area contributed by atoms with Crippen molar-refractivity contribution in [1.82, 2.24) is 4.57 Å². The quantitative estimate of drug-likeness (QED) is 0.429. The first-order valence-corrected chi connectivity index (χ1v) is 12.7. The molecule has 170 valence electrons. The van der Waals surface area contributed by atoms with Crippen molar-refractivity contribution in [1.29, 1.82) is 0 Å². The van der Waals surface area contributed by atoms with Crippen LogP contribution in [0.15, 0.2) is 87.1 Å². The monoisotopic (exact) mass is 505 g/mol. The molecule has 34 heavy (non-hydrogen) atoms. The lowest BCUT2D eigenvalue weighted by Crippen LogP contribution is -2.40. The molecule has 2 aromatic carbocycles. The van der Waals surface area contributed by atoms with Crippen molar-refractivity contribution in [3.63, 3.8) is 0 Å². The molecule has 4 aromatic rings. The van der Waals surface area contributed by atoms with E-state index in [1.807, 2.05) is 73.8 Å². The van der Waals surface area contributed by atoms with Gasteiger partial charge < -0.3 is 5.32 Å². The molecule has 1 amide bonds. The minimum Gasteiger partial charge on any atom is -0.322 e. The maximum atomic E-state index is 13.6. The number of amides is 1. The molecule has 0 bridgehead atoms. The summed E-state index contributed by atoms with van der Waals surface area (Å²) in [5.41, 5.74) is 3.41. The van der Waals surface area contributed by atoms with Crippen molar-refractivity contribution in [3.05, 3.63) is 118 Å². The predicted molar refractivity (Wildman–Crippen MR) is 139 cm³/mol. The summed E-state index contributed by atoms with van der Waals surface area (Å²) in [6, 6.07) is 17.9. The molecule has 3 heterocycles. The predicted octanol–water partition coefficient (Wildman–Crippen LogP) is 4.90. The maximum absolute atomic E-state index is 13.6. The molecule has 0 radical (unpaired) electrons. The maximum Gasteiger partial charge on any atom is 0.271 e. The zero-order chi connectivity index (χ0) is 23.8. The number of thiazole rings is 1. The number of fused-ring (bicyclic) bond motifs is 1. The summed E-state index contributed by atoms with van der Waals surface area (Å²) in [5, 5.41) is 5.54. The fourth-order valence-electron chi connectivity index (χ4n) is 3.94. The molecule has 0 saturated carbocycles. The number of para-hydroxylation sites is 1. The molecule has 1 aliphatic heterocycles. The van der Waals surface area contributed by atoms with Gasteiger partial charge in [-0.15, -0.1) is 11.3 Å². The Balaban J connectivity index is 1.69. The number of carbonyl (C=O) groups is 1. The molecule has 0 fully saturated rings. The minimum absolute atomic E-state index is 0.172. The fourth-order valence-corrected chi connectivity index (χ4v) is 6.03. The molecular formula is C26H20ClN3O2S2. The van der Waals surface area contributed by atoms with Gasteiger partial charge in [-0.2, -0.15) is 0 Å². The van der Waals surface area contributed by atoms with Gasteiger partial charge in [0.1, 0.15) is 0 Å². The summed E-state index contributed by atoms with van der Waals surface area (Å²) in [4.78, 5) is 33.4. The Hall–Kier alpha value is -3.26. The second-order valence-electron chi connectivity index (χ2n) is 7.92. The van der Waals surface area contributed by atoms with Crippen LogP contribution in [-0.2, 0) is 4.79 Å². The second kappa shape index (κ2) is 9.18. The summed E-state index contributed by atoms with van der Waals surface area (Å²) >= 11 is 9.06. The molecule has 8 heteroatoms. The molecular weight excluding hydrogens is 486 g/mol. The highest BCUT2D eigenvalue weighted by atomic mass is 35.5. The van der Waals surface area contributed by atoms with Gasteiger partial charge in [0.05, 0.1) is 21.8 Å². The molecule has 5 nitrogen and oxygen atoms in total. The van der Waals surface area contributed by atoms with Crippen LogP contribution in [0, 0.1) is 6.92 Å². The van der Waals surface area contributed by atoms with Crippen LogP contribution < -0.4 is 20.2 Å². The highest BCUT2D eigenvalue weighted by molar-refractivity contribution is 7.11. The van der Waals surface area contributed by atoms with Crippen molar-refractivity contribution in [2.45, 2.75) is 19.9 Å². The number of halogens is 1. The van der Waals surface area contributed by atoms with E-state index < -0.39 is 6.04 Å². The number of rotatable bonds is 4. The Morgan fingerprint density at radius 1 is 1.09 bits per heavy atom. The second-order valence-corrected chi connectivity index (χ2v) is 10.3. The zero-order valence-corrected chi connectivity index (χ0v) is 20.8. The number of nitrogens with one attached hydrogen (secondary N) is 1. The van der Waals surface area contributed by atoms with E-state index in [4.69, 9.17) is 11.6 Å². The van der Waals surface area contributed by atoms with Crippen LogP contribution >= 0.6 is 34.3 Å². The van der Waals surface area contributed by atoms with E-state index in [-0.39, 0.29) is 11.5 Å². The highest BCUT2D eigenvalue weighted by Gasteiger charge is 2.32. The van der Waals surface area contributed by atoms with Crippen LogP contribution in [0.25, 0.3) is 6.08 Å². The van der Waals surface area contributed by atoms with Crippen molar-refractivity contribution in [2.75, 3.05) is 5.32 Å². The lowest BCUT2D eigenvalue weighted by Gasteiger charge is -2.25. The Morgan fingerprint density at radius 2 is 1.82 bits per heavy atom. The van der Waals surface area contributed by atoms with Crippen molar-refractivity contribution in [2.24, 2.45) is 4.99 Å². The highest BCUT2D eigenvalue weighted by Crippen LogP contribution is 2.31. The smallest absolute Gasteiger partial charge is 0.271 e. The Labute approximate surface area is 209 Å². The number of hydrogen-bond donors (Lipinski definition) is 1. The first-order valence-electron chi connectivity index (χ1n) is 10.6. The molecule has 5 rings (SSSR count). The lowest BCUT2D eigenvalue weighted by molar-refractivity contribution is -0.113. The van der Waals surface area contributed by atoms with Gasteiger partial charge in [0, 0.05) is 15.6 Å². The summed E-state index contributed by atoms with van der Waals surface area (Å²) in [5.74, 6) is -0.296. The number of thiophene rings is 1. The van der Waals surface area contributed by atoms with E-state index in [0.717, 1.165) is 16.0 Å². The molecule has 1 N–H and O–H groups in total. The van der Waals surface area contributed by atoms with Gasteiger partial charge >= 0.3 is 0 Å². The van der Waals surface area contributed by atoms with Crippen LogP contribution in [0.2, 0.25) is 5.02 Å². The van der Waals surface area contributed by atoms with Gasteiger partial charge in [0.2, 0.25) is 0 Å². The standard InChI is InChI=1S/C26H20ClN3O2S2/c1-15-12-13-33-20(15)14-21-25(32)30-23(17-8-10-18(27)11-9-17)22(16(2)28-26(30)34-21)24(31)29-19-6-4-3-5-7-19/h3-14,23H,1-2H3,(H,29,31)/t23-/m0/s1. The van der Waals surface area contributed by atoms with Gasteiger partial charge in [-0.25, -0.2) is 4.99 Å². The van der Waals surface area contributed by atoms with E-state index >= 15 is 0 Å². The summed E-state index contributed by atoms with van der Waals surface area (Å²) in [7, 11) is 0. The lowest BCUT2D eigenvalue weighted by atomic mass is 9.95. The number of benzene rings is 2. The number of anilines is 1. The number of hydrogen-bond acceptors (Lipinski definition) is 5. The van der Waals surface area contributed by atoms with E-state index in [1.54, 1.807) is 28.0 Å².